The van der Waals surface area contributed by atoms with Gasteiger partial charge in [-0.05, 0) is 37.7 Å². The van der Waals surface area contributed by atoms with Gasteiger partial charge >= 0.3 is 0 Å². The molecule has 0 aliphatic carbocycles. The van der Waals surface area contributed by atoms with Gasteiger partial charge in [-0.3, -0.25) is 0 Å². The van der Waals surface area contributed by atoms with E-state index in [0.29, 0.717) is 12.5 Å². The van der Waals surface area contributed by atoms with Crippen LogP contribution in [0.2, 0.25) is 0 Å². The minimum absolute atomic E-state index is 0.651. The number of aromatic nitrogens is 1. The normalized spacial score (nSPS) is 16.4. The highest BCUT2D eigenvalue weighted by Crippen LogP contribution is 2.24. The highest BCUT2D eigenvalue weighted by Gasteiger charge is 2.16. The lowest BCUT2D eigenvalue weighted by molar-refractivity contribution is 0.271. The first kappa shape index (κ1) is 14.1. The molecule has 1 fully saturated rings. The highest BCUT2D eigenvalue weighted by atomic mass is 16.5. The molecular weight excluding hydrogens is 262 g/mol. The van der Waals surface area contributed by atoms with E-state index >= 15 is 0 Å². The zero-order valence-corrected chi connectivity index (χ0v) is 12.9. The molecule has 0 unspecified atom stereocenters. The second kappa shape index (κ2) is 6.31. The van der Waals surface area contributed by atoms with E-state index in [1.165, 1.54) is 11.1 Å². The van der Waals surface area contributed by atoms with Crippen molar-refractivity contribution < 1.29 is 4.74 Å². The average Bonchev–Trinajstić information content (AvgIpc) is 2.55. The molecule has 0 amide bonds. The van der Waals surface area contributed by atoms with Crippen LogP contribution in [0.4, 0.5) is 5.69 Å². The summed E-state index contributed by atoms with van der Waals surface area (Å²) in [5.74, 6) is 0.703. The Bertz CT molecular complexity index is 606. The third-order valence-electron chi connectivity index (χ3n) is 4.12. The van der Waals surface area contributed by atoms with Crippen molar-refractivity contribution in [2.45, 2.75) is 13.8 Å². The van der Waals surface area contributed by atoms with Gasteiger partial charge in [-0.15, -0.1) is 0 Å². The van der Waals surface area contributed by atoms with E-state index in [9.17, 15) is 0 Å². The molecule has 1 aromatic heterocycles. The summed E-state index contributed by atoms with van der Waals surface area (Å²) in [6.45, 7) is 10.5. The van der Waals surface area contributed by atoms with Crippen LogP contribution in [-0.2, 0) is 0 Å². The molecule has 3 rings (SSSR count). The average molecular weight is 285 g/mol. The van der Waals surface area contributed by atoms with Gasteiger partial charge in [-0.1, -0.05) is 6.92 Å². The fourth-order valence-electron chi connectivity index (χ4n) is 2.84. The van der Waals surface area contributed by atoms with Gasteiger partial charge in [0.2, 0.25) is 5.88 Å². The maximum absolute atomic E-state index is 5.46. The second-order valence-corrected chi connectivity index (χ2v) is 5.38. The van der Waals surface area contributed by atoms with Crippen LogP contribution >= 0.6 is 0 Å². The standard InChI is InChI=1S/C17H23N3O/c1-3-19-9-11-20(12-10-19)15-6-7-16-14(13-15)5-8-17(18-16)21-4-2/h5-8,13H,3-4,9-12H2,1-2H3. The largest absolute Gasteiger partial charge is 0.478 e. The van der Waals surface area contributed by atoms with Gasteiger partial charge in [0, 0.05) is 43.3 Å². The monoisotopic (exact) mass is 285 g/mol. The molecule has 2 heterocycles. The summed E-state index contributed by atoms with van der Waals surface area (Å²) in [5, 5.41) is 1.17. The predicted molar refractivity (Wildman–Crippen MR) is 87.2 cm³/mol. The number of anilines is 1. The number of hydrogen-bond donors (Lipinski definition) is 0. The summed E-state index contributed by atoms with van der Waals surface area (Å²) in [4.78, 5) is 9.48. The number of likely N-dealkylation sites (N-methyl/N-ethyl adjacent to an activating group) is 1. The molecule has 0 saturated carbocycles. The smallest absolute Gasteiger partial charge is 0.213 e. The predicted octanol–water partition coefficient (Wildman–Crippen LogP) is 2.78. The lowest BCUT2D eigenvalue weighted by Gasteiger charge is -2.35. The molecule has 1 aliphatic heterocycles. The first-order valence-electron chi connectivity index (χ1n) is 7.81. The molecule has 1 saturated heterocycles. The summed E-state index contributed by atoms with van der Waals surface area (Å²) in [7, 11) is 0. The van der Waals surface area contributed by atoms with Gasteiger partial charge in [0.05, 0.1) is 12.1 Å². The quantitative estimate of drug-likeness (QED) is 0.863. The molecule has 0 spiro atoms. The third-order valence-corrected chi connectivity index (χ3v) is 4.12. The molecule has 1 aliphatic rings. The van der Waals surface area contributed by atoms with Gasteiger partial charge in [0.25, 0.3) is 0 Å². The molecule has 4 nitrogen and oxygen atoms in total. The van der Waals surface area contributed by atoms with Gasteiger partial charge < -0.3 is 14.5 Å². The Labute approximate surface area is 126 Å². The Morgan fingerprint density at radius 2 is 1.86 bits per heavy atom. The molecule has 0 bridgehead atoms. The number of nitrogens with zero attached hydrogens (tertiary/aromatic N) is 3. The summed E-state index contributed by atoms with van der Waals surface area (Å²) in [6, 6.07) is 10.6. The number of ether oxygens (including phenoxy) is 1. The van der Waals surface area contributed by atoms with Crippen molar-refractivity contribution in [3.8, 4) is 5.88 Å². The van der Waals surface area contributed by atoms with Crippen molar-refractivity contribution in [3.63, 3.8) is 0 Å². The van der Waals surface area contributed by atoms with Gasteiger partial charge in [-0.25, -0.2) is 4.98 Å². The first-order valence-corrected chi connectivity index (χ1v) is 7.81. The Morgan fingerprint density at radius 3 is 2.57 bits per heavy atom. The Morgan fingerprint density at radius 1 is 1.05 bits per heavy atom. The van der Waals surface area contributed by atoms with Crippen LogP contribution in [-0.4, -0.2) is 49.2 Å². The van der Waals surface area contributed by atoms with Crippen molar-refractivity contribution >= 4 is 16.6 Å². The van der Waals surface area contributed by atoms with Crippen LogP contribution in [0.25, 0.3) is 10.9 Å². The number of rotatable bonds is 4. The third kappa shape index (κ3) is 3.10. The number of piperazine rings is 1. The van der Waals surface area contributed by atoms with Crippen LogP contribution in [0.3, 0.4) is 0 Å². The first-order chi connectivity index (χ1) is 10.3. The fourth-order valence-corrected chi connectivity index (χ4v) is 2.84. The van der Waals surface area contributed by atoms with E-state index < -0.39 is 0 Å². The number of benzene rings is 1. The van der Waals surface area contributed by atoms with Gasteiger partial charge in [0.15, 0.2) is 0 Å². The SMILES string of the molecule is CCOc1ccc2cc(N3CCN(CC)CC3)ccc2n1. The minimum atomic E-state index is 0.651. The molecule has 1 aromatic carbocycles. The number of hydrogen-bond acceptors (Lipinski definition) is 4. The van der Waals surface area contributed by atoms with E-state index in [-0.39, 0.29) is 0 Å². The summed E-state index contributed by atoms with van der Waals surface area (Å²) >= 11 is 0. The van der Waals surface area contributed by atoms with E-state index in [2.05, 4.69) is 46.0 Å². The maximum Gasteiger partial charge on any atom is 0.213 e. The summed E-state index contributed by atoms with van der Waals surface area (Å²) < 4.78 is 5.46. The molecule has 0 atom stereocenters. The second-order valence-electron chi connectivity index (χ2n) is 5.38. The number of pyridine rings is 1. The van der Waals surface area contributed by atoms with E-state index in [1.807, 2.05) is 13.0 Å². The fraction of sp³-hybridized carbons (Fsp3) is 0.471. The van der Waals surface area contributed by atoms with Crippen molar-refractivity contribution in [1.29, 1.82) is 0 Å². The lowest BCUT2D eigenvalue weighted by atomic mass is 10.1. The van der Waals surface area contributed by atoms with Crippen LogP contribution in [0, 0.1) is 0 Å². The van der Waals surface area contributed by atoms with E-state index in [1.54, 1.807) is 0 Å². The van der Waals surface area contributed by atoms with Crippen molar-refractivity contribution in [2.24, 2.45) is 0 Å². The minimum Gasteiger partial charge on any atom is -0.478 e. The Hall–Kier alpha value is -1.81. The molecule has 0 N–H and O–H groups in total. The molecule has 112 valence electrons. The Balaban J connectivity index is 1.80. The summed E-state index contributed by atoms with van der Waals surface area (Å²) in [6.07, 6.45) is 0. The zero-order valence-electron chi connectivity index (χ0n) is 12.9. The van der Waals surface area contributed by atoms with E-state index in [4.69, 9.17) is 4.74 Å². The molecule has 2 aromatic rings. The summed E-state index contributed by atoms with van der Waals surface area (Å²) in [5.41, 5.74) is 2.29. The molecule has 0 radical (unpaired) electrons. The highest BCUT2D eigenvalue weighted by molar-refractivity contribution is 5.83. The van der Waals surface area contributed by atoms with Crippen LogP contribution in [0.15, 0.2) is 30.3 Å². The van der Waals surface area contributed by atoms with E-state index in [0.717, 1.165) is 38.2 Å². The molecule has 4 heteroatoms. The number of fused-ring (bicyclic) bond motifs is 1. The van der Waals surface area contributed by atoms with Crippen molar-refractivity contribution in [2.75, 3.05) is 44.2 Å². The van der Waals surface area contributed by atoms with Crippen LogP contribution < -0.4 is 9.64 Å². The van der Waals surface area contributed by atoms with Crippen molar-refractivity contribution in [1.82, 2.24) is 9.88 Å². The van der Waals surface area contributed by atoms with Crippen LogP contribution in [0.5, 0.6) is 5.88 Å². The van der Waals surface area contributed by atoms with Crippen LogP contribution in [0.1, 0.15) is 13.8 Å². The topological polar surface area (TPSA) is 28.6 Å². The molecule has 21 heavy (non-hydrogen) atoms. The van der Waals surface area contributed by atoms with Gasteiger partial charge in [-0.2, -0.15) is 0 Å². The van der Waals surface area contributed by atoms with Gasteiger partial charge in [0.1, 0.15) is 0 Å². The zero-order chi connectivity index (χ0) is 14.7. The van der Waals surface area contributed by atoms with Crippen molar-refractivity contribution in [3.05, 3.63) is 30.3 Å². The lowest BCUT2D eigenvalue weighted by Crippen LogP contribution is -2.46. The molecular formula is C17H23N3O. The Kier molecular flexibility index (Phi) is 4.25. The maximum atomic E-state index is 5.46.